The Bertz CT molecular complexity index is 1040. The molecule has 1 aromatic heterocycles. The van der Waals surface area contributed by atoms with E-state index in [1.54, 1.807) is 4.57 Å². The topological polar surface area (TPSA) is 79.3 Å². The summed E-state index contributed by atoms with van der Waals surface area (Å²) < 4.78 is 45.5. The zero-order valence-electron chi connectivity index (χ0n) is 21.3. The van der Waals surface area contributed by atoms with Gasteiger partial charge in [-0.2, -0.15) is 0 Å². The number of benzene rings is 1. The van der Waals surface area contributed by atoms with Gasteiger partial charge < -0.3 is 20.1 Å². The minimum absolute atomic E-state index is 0.0458. The highest BCUT2D eigenvalue weighted by atomic mass is 19.3. The molecule has 2 amide bonds. The third-order valence-corrected chi connectivity index (χ3v) is 5.64. The molecule has 0 saturated carbocycles. The second-order valence-corrected chi connectivity index (χ2v) is 9.01. The predicted molar refractivity (Wildman–Crippen MR) is 130 cm³/mol. The van der Waals surface area contributed by atoms with E-state index in [2.05, 4.69) is 29.5 Å². The van der Waals surface area contributed by atoms with E-state index in [4.69, 9.17) is 0 Å². The van der Waals surface area contributed by atoms with Crippen molar-refractivity contribution in [1.82, 2.24) is 25.1 Å². The number of carbonyl (C=O) groups excluding carboxylic acids is 2. The molecule has 10 heteroatoms. The molecule has 0 fully saturated rings. The maximum absolute atomic E-state index is 15.0. The van der Waals surface area contributed by atoms with Crippen molar-refractivity contribution in [1.29, 1.82) is 0 Å². The molecule has 2 heterocycles. The molecule has 0 bridgehead atoms. The van der Waals surface area contributed by atoms with Gasteiger partial charge in [-0.15, -0.1) is 0 Å². The van der Waals surface area contributed by atoms with E-state index in [0.29, 0.717) is 18.8 Å². The fourth-order valence-electron chi connectivity index (χ4n) is 3.68. The number of imidazole rings is 1. The van der Waals surface area contributed by atoms with Gasteiger partial charge in [-0.3, -0.25) is 9.59 Å². The van der Waals surface area contributed by atoms with Crippen LogP contribution in [0.2, 0.25) is 0 Å². The van der Waals surface area contributed by atoms with Crippen molar-refractivity contribution in [3.8, 4) is 11.4 Å². The zero-order chi connectivity index (χ0) is 26.3. The molecule has 194 valence electrons. The molecule has 0 saturated heterocycles. The van der Waals surface area contributed by atoms with Crippen LogP contribution in [-0.2, 0) is 23.8 Å². The minimum Gasteiger partial charge on any atom is -0.358 e. The summed E-state index contributed by atoms with van der Waals surface area (Å²) in [5, 5.41) is 4.93. The molecule has 0 radical (unpaired) electrons. The van der Waals surface area contributed by atoms with Gasteiger partial charge in [0.2, 0.25) is 5.91 Å². The lowest BCUT2D eigenvalue weighted by atomic mass is 9.96. The number of amides is 2. The Balaban J connectivity index is 0.00000137. The van der Waals surface area contributed by atoms with E-state index < -0.39 is 29.1 Å². The van der Waals surface area contributed by atoms with Crippen molar-refractivity contribution in [2.75, 3.05) is 27.2 Å². The Labute approximate surface area is 205 Å². The predicted octanol–water partition coefficient (Wildman–Crippen LogP) is 4.16. The first-order valence-corrected chi connectivity index (χ1v) is 11.9. The van der Waals surface area contributed by atoms with Crippen molar-refractivity contribution < 1.29 is 22.8 Å². The summed E-state index contributed by atoms with van der Waals surface area (Å²) in [5.41, 5.74) is 0.322. The lowest BCUT2D eigenvalue weighted by molar-refractivity contribution is -0.119. The fraction of sp³-hybridized carbons (Fsp3) is 0.560. The van der Waals surface area contributed by atoms with E-state index in [9.17, 15) is 18.4 Å². The van der Waals surface area contributed by atoms with Crippen LogP contribution in [0.4, 0.5) is 13.2 Å². The first-order valence-electron chi connectivity index (χ1n) is 11.9. The quantitative estimate of drug-likeness (QED) is 0.631. The average Bonchev–Trinajstić information content (AvgIpc) is 3.03. The largest absolute Gasteiger partial charge is 0.358 e. The molecule has 35 heavy (non-hydrogen) atoms. The third-order valence-electron chi connectivity index (χ3n) is 5.64. The van der Waals surface area contributed by atoms with Gasteiger partial charge in [0.15, 0.2) is 5.69 Å². The summed E-state index contributed by atoms with van der Waals surface area (Å²) in [4.78, 5) is 30.7. The zero-order valence-corrected chi connectivity index (χ0v) is 21.3. The molecule has 1 aromatic carbocycles. The van der Waals surface area contributed by atoms with Crippen molar-refractivity contribution in [3.63, 3.8) is 0 Å². The number of alkyl halides is 2. The van der Waals surface area contributed by atoms with Crippen LogP contribution in [0.5, 0.6) is 0 Å². The van der Waals surface area contributed by atoms with Crippen LogP contribution in [0.1, 0.15) is 62.3 Å². The standard InChI is InChI=1S/C22H28F3N5O2.C3H8/c1-13(2)22(24,25)14-6-7-15(16(23)10-14)20-28-19(21(32)27-11-18(31)26-3)17-12-29(4)8-5-9-30(17)20;1-3-2/h6-7,10,13H,5,8-9,11-12H2,1-4H3,(H,26,31)(H,27,32);3H2,1-2H3. The number of hydrogen-bond acceptors (Lipinski definition) is 4. The van der Waals surface area contributed by atoms with Gasteiger partial charge in [0.1, 0.15) is 11.6 Å². The first kappa shape index (κ1) is 28.4. The van der Waals surface area contributed by atoms with Crippen LogP contribution in [0.15, 0.2) is 18.2 Å². The average molecular weight is 496 g/mol. The molecule has 1 aliphatic rings. The fourth-order valence-corrected chi connectivity index (χ4v) is 3.68. The Morgan fingerprint density at radius 1 is 1.20 bits per heavy atom. The normalized spacial score (nSPS) is 14.0. The van der Waals surface area contributed by atoms with E-state index in [0.717, 1.165) is 19.0 Å². The van der Waals surface area contributed by atoms with E-state index in [1.807, 2.05) is 11.9 Å². The van der Waals surface area contributed by atoms with Crippen molar-refractivity contribution in [3.05, 3.63) is 41.0 Å². The van der Waals surface area contributed by atoms with Crippen LogP contribution < -0.4 is 10.6 Å². The number of likely N-dealkylation sites (N-methyl/N-ethyl adjacent to an activating group) is 1. The molecule has 2 N–H and O–H groups in total. The van der Waals surface area contributed by atoms with Gasteiger partial charge in [-0.25, -0.2) is 18.2 Å². The SMILES string of the molecule is CCC.CNC(=O)CNC(=O)c1nc(-c2ccc(C(F)(F)C(C)C)cc2F)n2c1CN(C)CCC2. The Kier molecular flexibility index (Phi) is 9.88. The second-order valence-electron chi connectivity index (χ2n) is 9.01. The summed E-state index contributed by atoms with van der Waals surface area (Å²) in [7, 11) is 3.36. The summed E-state index contributed by atoms with van der Waals surface area (Å²) in [6.45, 7) is 8.44. The number of rotatable bonds is 6. The molecule has 3 rings (SSSR count). The number of nitrogens with one attached hydrogen (secondary N) is 2. The lowest BCUT2D eigenvalue weighted by Crippen LogP contribution is -2.36. The number of fused-ring (bicyclic) bond motifs is 1. The van der Waals surface area contributed by atoms with Crippen molar-refractivity contribution in [2.24, 2.45) is 5.92 Å². The van der Waals surface area contributed by atoms with Gasteiger partial charge in [0.25, 0.3) is 11.8 Å². The van der Waals surface area contributed by atoms with E-state index in [-0.39, 0.29) is 29.5 Å². The number of hydrogen-bond donors (Lipinski definition) is 2. The van der Waals surface area contributed by atoms with Gasteiger partial charge >= 0.3 is 0 Å². The minimum atomic E-state index is -3.17. The maximum Gasteiger partial charge on any atom is 0.275 e. The van der Waals surface area contributed by atoms with Crippen molar-refractivity contribution >= 4 is 11.8 Å². The van der Waals surface area contributed by atoms with Crippen LogP contribution in [0, 0.1) is 11.7 Å². The smallest absolute Gasteiger partial charge is 0.275 e. The van der Waals surface area contributed by atoms with Gasteiger partial charge in [-0.05, 0) is 32.1 Å². The van der Waals surface area contributed by atoms with Crippen LogP contribution in [-0.4, -0.2) is 53.5 Å². The highest BCUT2D eigenvalue weighted by Gasteiger charge is 2.36. The van der Waals surface area contributed by atoms with Crippen LogP contribution in [0.25, 0.3) is 11.4 Å². The Morgan fingerprint density at radius 2 is 1.86 bits per heavy atom. The number of aromatic nitrogens is 2. The maximum atomic E-state index is 15.0. The molecule has 0 aliphatic carbocycles. The third kappa shape index (κ3) is 6.62. The van der Waals surface area contributed by atoms with Gasteiger partial charge in [-0.1, -0.05) is 40.2 Å². The number of carbonyl (C=O) groups is 2. The molecule has 7 nitrogen and oxygen atoms in total. The Hall–Kier alpha value is -2.88. The first-order chi connectivity index (χ1) is 16.5. The summed E-state index contributed by atoms with van der Waals surface area (Å²) in [5.74, 6) is -5.70. The summed E-state index contributed by atoms with van der Waals surface area (Å²) in [6, 6.07) is 3.33. The number of halogens is 3. The molecular formula is C25H36F3N5O2. The molecule has 0 atom stereocenters. The highest BCUT2D eigenvalue weighted by molar-refractivity contribution is 5.96. The molecule has 1 aliphatic heterocycles. The second kappa shape index (κ2) is 12.2. The van der Waals surface area contributed by atoms with Gasteiger partial charge in [0, 0.05) is 31.6 Å². The van der Waals surface area contributed by atoms with Crippen LogP contribution >= 0.6 is 0 Å². The van der Waals surface area contributed by atoms with Crippen molar-refractivity contribution in [2.45, 2.75) is 59.5 Å². The van der Waals surface area contributed by atoms with E-state index >= 15 is 4.39 Å². The lowest BCUT2D eigenvalue weighted by Gasteiger charge is -2.21. The molecule has 0 unspecified atom stereocenters. The molecular weight excluding hydrogens is 459 g/mol. The molecule has 2 aromatic rings. The van der Waals surface area contributed by atoms with E-state index in [1.165, 1.54) is 39.4 Å². The number of nitrogens with zero attached hydrogens (tertiary/aromatic N) is 3. The molecule has 0 spiro atoms. The van der Waals surface area contributed by atoms with Crippen LogP contribution in [0.3, 0.4) is 0 Å². The highest BCUT2D eigenvalue weighted by Crippen LogP contribution is 2.37. The van der Waals surface area contributed by atoms with Gasteiger partial charge in [0.05, 0.1) is 17.8 Å². The summed E-state index contributed by atoms with van der Waals surface area (Å²) in [6.07, 6.45) is 2.00. The Morgan fingerprint density at radius 3 is 2.43 bits per heavy atom. The monoisotopic (exact) mass is 495 g/mol. The summed E-state index contributed by atoms with van der Waals surface area (Å²) >= 11 is 0.